The summed E-state index contributed by atoms with van der Waals surface area (Å²) in [5, 5.41) is 8.95. The van der Waals surface area contributed by atoms with E-state index in [9.17, 15) is 9.59 Å². The molecular formula is C12H10O3. The van der Waals surface area contributed by atoms with Gasteiger partial charge in [-0.1, -0.05) is 6.07 Å². The third-order valence-corrected chi connectivity index (χ3v) is 2.48. The van der Waals surface area contributed by atoms with Gasteiger partial charge in [0.2, 0.25) is 0 Å². The number of carbonyl (C=O) groups is 2. The van der Waals surface area contributed by atoms with Gasteiger partial charge in [0.05, 0.1) is 6.61 Å². The lowest BCUT2D eigenvalue weighted by Crippen LogP contribution is -2.15. The first-order chi connectivity index (χ1) is 7.13. The van der Waals surface area contributed by atoms with Crippen LogP contribution < -0.4 is 0 Å². The van der Waals surface area contributed by atoms with E-state index in [1.807, 2.05) is 0 Å². The Hall–Kier alpha value is -1.74. The number of allylic oxidation sites excluding steroid dienone is 2. The fourth-order valence-corrected chi connectivity index (χ4v) is 1.64. The number of aliphatic hydroxyl groups excluding tert-OH is 1. The van der Waals surface area contributed by atoms with Crippen LogP contribution in [-0.2, 0) is 6.61 Å². The molecule has 0 aliphatic heterocycles. The van der Waals surface area contributed by atoms with Crippen molar-refractivity contribution in [1.82, 2.24) is 0 Å². The largest absolute Gasteiger partial charge is 0.392 e. The lowest BCUT2D eigenvalue weighted by molar-refractivity contribution is 0.0984. The normalized spacial score (nSPS) is 14.9. The van der Waals surface area contributed by atoms with E-state index in [1.165, 1.54) is 6.08 Å². The van der Waals surface area contributed by atoms with Gasteiger partial charge in [0.25, 0.3) is 0 Å². The zero-order valence-electron chi connectivity index (χ0n) is 8.28. The minimum atomic E-state index is -0.147. The quantitative estimate of drug-likeness (QED) is 0.750. The molecule has 1 aliphatic carbocycles. The van der Waals surface area contributed by atoms with Crippen molar-refractivity contribution in [2.75, 3.05) is 0 Å². The molecule has 3 heteroatoms. The third-order valence-electron chi connectivity index (χ3n) is 2.48. The lowest BCUT2D eigenvalue weighted by atomic mass is 9.89. The predicted molar refractivity (Wildman–Crippen MR) is 54.8 cm³/mol. The van der Waals surface area contributed by atoms with Crippen molar-refractivity contribution in [3.05, 3.63) is 46.5 Å². The Morgan fingerprint density at radius 2 is 1.93 bits per heavy atom. The summed E-state index contributed by atoms with van der Waals surface area (Å²) in [6.07, 6.45) is 1.35. The van der Waals surface area contributed by atoms with Crippen LogP contribution in [0.5, 0.6) is 0 Å². The number of hydrogen-bond donors (Lipinski definition) is 1. The van der Waals surface area contributed by atoms with E-state index in [1.54, 1.807) is 25.1 Å². The van der Waals surface area contributed by atoms with E-state index < -0.39 is 0 Å². The van der Waals surface area contributed by atoms with Crippen molar-refractivity contribution in [1.29, 1.82) is 0 Å². The maximum Gasteiger partial charge on any atom is 0.189 e. The molecular weight excluding hydrogens is 192 g/mol. The Balaban J connectivity index is 2.62. The molecule has 1 aromatic rings. The van der Waals surface area contributed by atoms with E-state index in [-0.39, 0.29) is 18.2 Å². The van der Waals surface area contributed by atoms with Crippen molar-refractivity contribution in [3.8, 4) is 0 Å². The number of carbonyl (C=O) groups excluding carboxylic acids is 2. The molecule has 0 atom stereocenters. The van der Waals surface area contributed by atoms with Crippen LogP contribution >= 0.6 is 0 Å². The van der Waals surface area contributed by atoms with Gasteiger partial charge in [-0.3, -0.25) is 9.59 Å². The highest BCUT2D eigenvalue weighted by atomic mass is 16.3. The highest BCUT2D eigenvalue weighted by molar-refractivity contribution is 6.24. The molecule has 0 bridgehead atoms. The molecule has 76 valence electrons. The van der Waals surface area contributed by atoms with Crippen molar-refractivity contribution in [2.24, 2.45) is 0 Å². The van der Waals surface area contributed by atoms with Crippen LogP contribution in [0, 0.1) is 0 Å². The van der Waals surface area contributed by atoms with Gasteiger partial charge in [-0.05, 0) is 30.7 Å². The van der Waals surface area contributed by atoms with Crippen LogP contribution in [0.25, 0.3) is 0 Å². The number of aliphatic hydroxyl groups is 1. The van der Waals surface area contributed by atoms with E-state index in [0.717, 1.165) is 0 Å². The molecule has 1 aromatic carbocycles. The van der Waals surface area contributed by atoms with Gasteiger partial charge in [-0.15, -0.1) is 0 Å². The van der Waals surface area contributed by atoms with Crippen LogP contribution in [0.1, 0.15) is 33.2 Å². The highest BCUT2D eigenvalue weighted by Gasteiger charge is 2.22. The van der Waals surface area contributed by atoms with Crippen LogP contribution in [-0.4, -0.2) is 16.7 Å². The number of fused-ring (bicyclic) bond motifs is 1. The first-order valence-electron chi connectivity index (χ1n) is 4.64. The summed E-state index contributed by atoms with van der Waals surface area (Å²) in [6, 6.07) is 4.81. The summed E-state index contributed by atoms with van der Waals surface area (Å²) in [5.41, 5.74) is 1.90. The van der Waals surface area contributed by atoms with Gasteiger partial charge in [0.1, 0.15) is 0 Å². The molecule has 0 unspecified atom stereocenters. The molecule has 1 N–H and O–H groups in total. The maximum atomic E-state index is 11.7. The molecule has 0 fully saturated rings. The number of benzene rings is 1. The van der Waals surface area contributed by atoms with E-state index >= 15 is 0 Å². The Labute approximate surface area is 87.0 Å². The standard InChI is InChI=1S/C12H10O3/c1-7-4-11(14)9-3-2-8(6-13)5-10(9)12(7)15/h2-5,13H,6H2,1H3. The van der Waals surface area contributed by atoms with Crippen LogP contribution in [0.2, 0.25) is 0 Å². The first-order valence-corrected chi connectivity index (χ1v) is 4.64. The first kappa shape index (κ1) is 9.80. The molecule has 0 saturated heterocycles. The second kappa shape index (κ2) is 3.44. The van der Waals surface area contributed by atoms with Crippen LogP contribution in [0.3, 0.4) is 0 Å². The van der Waals surface area contributed by atoms with Gasteiger partial charge in [-0.25, -0.2) is 0 Å². The molecule has 15 heavy (non-hydrogen) atoms. The molecule has 2 rings (SSSR count). The fourth-order valence-electron chi connectivity index (χ4n) is 1.64. The Morgan fingerprint density at radius 3 is 2.60 bits per heavy atom. The molecule has 0 spiro atoms. The van der Waals surface area contributed by atoms with E-state index in [0.29, 0.717) is 22.3 Å². The maximum absolute atomic E-state index is 11.7. The van der Waals surface area contributed by atoms with Gasteiger partial charge in [0, 0.05) is 16.7 Å². The smallest absolute Gasteiger partial charge is 0.189 e. The number of rotatable bonds is 1. The summed E-state index contributed by atoms with van der Waals surface area (Å²) >= 11 is 0. The summed E-state index contributed by atoms with van der Waals surface area (Å²) in [6.45, 7) is 1.49. The SMILES string of the molecule is CC1=CC(=O)c2ccc(CO)cc2C1=O. The minimum absolute atomic E-state index is 0.127. The minimum Gasteiger partial charge on any atom is -0.392 e. The average molecular weight is 202 g/mol. The summed E-state index contributed by atoms with van der Waals surface area (Å²) in [4.78, 5) is 23.3. The average Bonchev–Trinajstić information content (AvgIpc) is 2.25. The number of ketones is 2. The predicted octanol–water partition coefficient (Wildman–Crippen LogP) is 1.50. The number of hydrogen-bond acceptors (Lipinski definition) is 3. The molecule has 0 heterocycles. The van der Waals surface area contributed by atoms with Crippen LogP contribution in [0.15, 0.2) is 29.8 Å². The Bertz CT molecular complexity index is 484. The Kier molecular flexibility index (Phi) is 2.25. The van der Waals surface area contributed by atoms with Gasteiger partial charge >= 0.3 is 0 Å². The molecule has 0 aromatic heterocycles. The zero-order valence-corrected chi connectivity index (χ0v) is 8.28. The zero-order chi connectivity index (χ0) is 11.0. The molecule has 1 aliphatic rings. The summed E-state index contributed by atoms with van der Waals surface area (Å²) < 4.78 is 0. The summed E-state index contributed by atoms with van der Waals surface area (Å²) in [5.74, 6) is -0.286. The monoisotopic (exact) mass is 202 g/mol. The second-order valence-corrected chi connectivity index (χ2v) is 3.56. The van der Waals surface area contributed by atoms with E-state index in [2.05, 4.69) is 0 Å². The Morgan fingerprint density at radius 1 is 1.20 bits per heavy atom. The molecule has 0 amide bonds. The van der Waals surface area contributed by atoms with Crippen molar-refractivity contribution in [3.63, 3.8) is 0 Å². The van der Waals surface area contributed by atoms with Crippen LogP contribution in [0.4, 0.5) is 0 Å². The van der Waals surface area contributed by atoms with E-state index in [4.69, 9.17) is 5.11 Å². The lowest BCUT2D eigenvalue weighted by Gasteiger charge is -2.13. The molecule has 0 radical (unpaired) electrons. The highest BCUT2D eigenvalue weighted by Crippen LogP contribution is 2.22. The van der Waals surface area contributed by atoms with Gasteiger partial charge < -0.3 is 5.11 Å². The van der Waals surface area contributed by atoms with Gasteiger partial charge in [0.15, 0.2) is 11.6 Å². The van der Waals surface area contributed by atoms with Crippen molar-refractivity contribution < 1.29 is 14.7 Å². The number of Topliss-reactive ketones (excluding diaryl/α,β-unsaturated/α-hetero) is 1. The van der Waals surface area contributed by atoms with Gasteiger partial charge in [-0.2, -0.15) is 0 Å². The molecule has 3 nitrogen and oxygen atoms in total. The third kappa shape index (κ3) is 1.51. The molecule has 0 saturated carbocycles. The van der Waals surface area contributed by atoms with Crippen molar-refractivity contribution >= 4 is 11.6 Å². The summed E-state index contributed by atoms with van der Waals surface area (Å²) in [7, 11) is 0. The van der Waals surface area contributed by atoms with Crippen molar-refractivity contribution in [2.45, 2.75) is 13.5 Å². The fraction of sp³-hybridized carbons (Fsp3) is 0.167. The topological polar surface area (TPSA) is 54.4 Å². The second-order valence-electron chi connectivity index (χ2n) is 3.56.